The maximum absolute atomic E-state index is 2.48. The molecule has 1 heteroatoms. The zero-order valence-electron chi connectivity index (χ0n) is 18.2. The molecule has 0 unspecified atom stereocenters. The number of hydrogen-bond donors (Lipinski definition) is 0. The minimum atomic E-state index is 0.170. The molecule has 3 aromatic rings. The molecule has 28 heavy (non-hydrogen) atoms. The van der Waals surface area contributed by atoms with Gasteiger partial charge in [-0.15, -0.1) is 0 Å². The molecule has 0 N–H and O–H groups in total. The van der Waals surface area contributed by atoms with Crippen molar-refractivity contribution in [3.63, 3.8) is 0 Å². The molecule has 1 heterocycles. The third kappa shape index (κ3) is 3.60. The van der Waals surface area contributed by atoms with Crippen molar-refractivity contribution in [2.75, 3.05) is 0 Å². The molecule has 0 aliphatic heterocycles. The highest BCUT2D eigenvalue weighted by molar-refractivity contribution is 5.94. The molecule has 1 aliphatic carbocycles. The van der Waals surface area contributed by atoms with E-state index in [1.54, 1.807) is 0 Å². The van der Waals surface area contributed by atoms with Crippen LogP contribution in [-0.4, -0.2) is 0 Å². The summed E-state index contributed by atoms with van der Waals surface area (Å²) < 4.78 is 2.30. The molecule has 4 rings (SSSR count). The van der Waals surface area contributed by atoms with Crippen molar-refractivity contribution in [3.05, 3.63) is 65.4 Å². The van der Waals surface area contributed by atoms with E-state index in [2.05, 4.69) is 88.0 Å². The van der Waals surface area contributed by atoms with Gasteiger partial charge in [0.1, 0.15) is 7.05 Å². The number of nitrogens with zero attached hydrogens (tertiary/aromatic N) is 1. The van der Waals surface area contributed by atoms with Gasteiger partial charge in [-0.2, -0.15) is 0 Å². The maximum atomic E-state index is 2.48. The fourth-order valence-electron chi connectivity index (χ4n) is 4.76. The third-order valence-electron chi connectivity index (χ3n) is 6.60. The third-order valence-corrected chi connectivity index (χ3v) is 6.60. The minimum absolute atomic E-state index is 0.170. The summed E-state index contributed by atoms with van der Waals surface area (Å²) in [7, 11) is 2.18. The fraction of sp³-hybridized carbons (Fsp3) is 0.444. The summed E-state index contributed by atoms with van der Waals surface area (Å²) in [6, 6.07) is 16.5. The van der Waals surface area contributed by atoms with Gasteiger partial charge in [0.2, 0.25) is 5.69 Å². The van der Waals surface area contributed by atoms with Gasteiger partial charge in [0, 0.05) is 11.6 Å². The van der Waals surface area contributed by atoms with Crippen molar-refractivity contribution in [3.8, 4) is 11.3 Å². The molecule has 1 aliphatic rings. The molecule has 0 spiro atoms. The Hall–Kier alpha value is -2.15. The molecule has 146 valence electrons. The normalized spacial score (nSPS) is 15.9. The van der Waals surface area contributed by atoms with E-state index >= 15 is 0 Å². The van der Waals surface area contributed by atoms with Crippen molar-refractivity contribution in [1.82, 2.24) is 0 Å². The zero-order chi connectivity index (χ0) is 19.9. The van der Waals surface area contributed by atoms with Gasteiger partial charge in [-0.05, 0) is 65.3 Å². The fourth-order valence-corrected chi connectivity index (χ4v) is 4.76. The predicted molar refractivity (Wildman–Crippen MR) is 120 cm³/mol. The van der Waals surface area contributed by atoms with Gasteiger partial charge in [0.05, 0.1) is 5.39 Å². The molecule has 1 aromatic heterocycles. The summed E-state index contributed by atoms with van der Waals surface area (Å²) in [6.45, 7) is 9.11. The number of benzene rings is 2. The van der Waals surface area contributed by atoms with E-state index in [0.29, 0.717) is 0 Å². The Balaban J connectivity index is 1.87. The highest BCUT2D eigenvalue weighted by Gasteiger charge is 2.22. The molecule has 1 fully saturated rings. The van der Waals surface area contributed by atoms with Crippen LogP contribution in [0.25, 0.3) is 22.0 Å². The first kappa shape index (κ1) is 19.2. The number of aromatic nitrogens is 1. The van der Waals surface area contributed by atoms with Crippen molar-refractivity contribution in [2.45, 2.75) is 71.1 Å². The largest absolute Gasteiger partial charge is 0.220 e. The molecule has 1 saturated carbocycles. The van der Waals surface area contributed by atoms with Gasteiger partial charge in [-0.3, -0.25) is 0 Å². The van der Waals surface area contributed by atoms with Gasteiger partial charge in [-0.1, -0.05) is 64.3 Å². The first-order valence-electron chi connectivity index (χ1n) is 10.9. The second-order valence-electron chi connectivity index (χ2n) is 9.74. The van der Waals surface area contributed by atoms with Gasteiger partial charge in [0.25, 0.3) is 0 Å². The average molecular weight is 373 g/mol. The summed E-state index contributed by atoms with van der Waals surface area (Å²) in [6.07, 6.45) is 9.08. The van der Waals surface area contributed by atoms with Crippen molar-refractivity contribution >= 4 is 10.8 Å². The molecule has 0 bridgehead atoms. The molecule has 1 nitrogen and oxygen atoms in total. The Morgan fingerprint density at radius 1 is 0.893 bits per heavy atom. The lowest BCUT2D eigenvalue weighted by Gasteiger charge is -2.23. The quantitative estimate of drug-likeness (QED) is 0.427. The van der Waals surface area contributed by atoms with E-state index < -0.39 is 0 Å². The topological polar surface area (TPSA) is 3.88 Å². The highest BCUT2D eigenvalue weighted by atomic mass is 14.9. The monoisotopic (exact) mass is 372 g/mol. The zero-order valence-corrected chi connectivity index (χ0v) is 18.2. The Morgan fingerprint density at radius 2 is 1.64 bits per heavy atom. The van der Waals surface area contributed by atoms with Crippen molar-refractivity contribution in [2.24, 2.45) is 7.05 Å². The van der Waals surface area contributed by atoms with Gasteiger partial charge >= 0.3 is 0 Å². The van der Waals surface area contributed by atoms with Crippen molar-refractivity contribution < 1.29 is 4.57 Å². The number of aryl methyl sites for hydroxylation is 2. The van der Waals surface area contributed by atoms with Crippen LogP contribution in [0, 0.1) is 6.92 Å². The first-order valence-corrected chi connectivity index (χ1v) is 10.9. The molecule has 0 radical (unpaired) electrons. The molecule has 0 atom stereocenters. The van der Waals surface area contributed by atoms with Crippen LogP contribution >= 0.6 is 0 Å². The maximum Gasteiger partial charge on any atom is 0.220 e. The lowest BCUT2D eigenvalue weighted by atomic mass is 9.82. The highest BCUT2D eigenvalue weighted by Crippen LogP contribution is 2.37. The number of fused-ring (bicyclic) bond motifs is 1. The second-order valence-corrected chi connectivity index (χ2v) is 9.74. The van der Waals surface area contributed by atoms with E-state index in [4.69, 9.17) is 0 Å². The number of rotatable bonds is 2. The molecule has 0 saturated heterocycles. The minimum Gasteiger partial charge on any atom is -0.200 e. The van der Waals surface area contributed by atoms with E-state index in [1.165, 1.54) is 70.8 Å². The molecule has 0 amide bonds. The van der Waals surface area contributed by atoms with Crippen LogP contribution in [0.3, 0.4) is 0 Å². The van der Waals surface area contributed by atoms with Crippen LogP contribution in [-0.2, 0) is 12.5 Å². The predicted octanol–water partition coefficient (Wildman–Crippen LogP) is 6.98. The molecular weight excluding hydrogens is 338 g/mol. The van der Waals surface area contributed by atoms with E-state index in [1.807, 2.05) is 0 Å². The lowest BCUT2D eigenvalue weighted by molar-refractivity contribution is -0.659. The van der Waals surface area contributed by atoms with Crippen LogP contribution in [0.2, 0.25) is 0 Å². The summed E-state index contributed by atoms with van der Waals surface area (Å²) >= 11 is 0. The lowest BCUT2D eigenvalue weighted by Crippen LogP contribution is -2.31. The van der Waals surface area contributed by atoms with Gasteiger partial charge in [0.15, 0.2) is 6.20 Å². The number of hydrogen-bond acceptors (Lipinski definition) is 0. The Kier molecular flexibility index (Phi) is 5.04. The average Bonchev–Trinajstić information content (AvgIpc) is 2.68. The Labute approximate surface area is 170 Å². The van der Waals surface area contributed by atoms with Crippen LogP contribution < -0.4 is 4.57 Å². The van der Waals surface area contributed by atoms with E-state index in [9.17, 15) is 0 Å². The summed E-state index contributed by atoms with van der Waals surface area (Å²) in [5.74, 6) is 0.737. The van der Waals surface area contributed by atoms with Crippen LogP contribution in [0.4, 0.5) is 0 Å². The summed E-state index contributed by atoms with van der Waals surface area (Å²) in [5, 5.41) is 2.69. The second kappa shape index (κ2) is 7.35. The van der Waals surface area contributed by atoms with Crippen LogP contribution in [0.15, 0.2) is 48.7 Å². The Bertz CT molecular complexity index is 1000. The molecule has 2 aromatic carbocycles. The SMILES string of the molecule is Cc1ccc(C2CCCCC2)cc1-c1c2ccc(C(C)(C)C)cc2cc[n+]1C. The summed E-state index contributed by atoms with van der Waals surface area (Å²) in [5.41, 5.74) is 7.19. The smallest absolute Gasteiger partial charge is 0.200 e. The van der Waals surface area contributed by atoms with Gasteiger partial charge < -0.3 is 0 Å². The standard InChI is InChI=1S/C27H34N/c1-19-11-12-21(20-9-7-6-8-10-20)18-25(19)26-24-14-13-23(27(2,3)4)17-22(24)15-16-28(26)5/h11-18,20H,6-10H2,1-5H3/q+1. The van der Waals surface area contributed by atoms with Crippen LogP contribution in [0.5, 0.6) is 0 Å². The Morgan fingerprint density at radius 3 is 2.36 bits per heavy atom. The first-order chi connectivity index (χ1) is 13.3. The molecular formula is C27H34N+. The van der Waals surface area contributed by atoms with E-state index in [0.717, 1.165) is 5.92 Å². The van der Waals surface area contributed by atoms with Crippen molar-refractivity contribution in [1.29, 1.82) is 0 Å². The summed E-state index contributed by atoms with van der Waals surface area (Å²) in [4.78, 5) is 0. The number of pyridine rings is 1. The van der Waals surface area contributed by atoms with Crippen LogP contribution in [0.1, 0.15) is 75.5 Å². The van der Waals surface area contributed by atoms with Gasteiger partial charge in [-0.25, -0.2) is 4.57 Å². The van der Waals surface area contributed by atoms with E-state index in [-0.39, 0.29) is 5.41 Å².